The molecule has 0 fully saturated rings. The number of carbonyl (C=O) groups excluding carboxylic acids is 1. The third-order valence-corrected chi connectivity index (χ3v) is 4.94. The highest BCUT2D eigenvalue weighted by Crippen LogP contribution is 2.33. The molecule has 5 heteroatoms. The van der Waals surface area contributed by atoms with E-state index in [0.29, 0.717) is 17.1 Å². The number of hydrogen-bond acceptors (Lipinski definition) is 4. The maximum Gasteiger partial charge on any atom is 0.191 e. The van der Waals surface area contributed by atoms with Crippen LogP contribution in [0.25, 0.3) is 10.9 Å². The lowest BCUT2D eigenvalue weighted by molar-refractivity contribution is 0.0971. The molecule has 0 amide bonds. The van der Waals surface area contributed by atoms with Crippen LogP contribution in [0, 0.1) is 0 Å². The van der Waals surface area contributed by atoms with Crippen LogP contribution in [0.4, 0.5) is 5.69 Å². The summed E-state index contributed by atoms with van der Waals surface area (Å²) in [6.07, 6.45) is 1.78. The second-order valence-corrected chi connectivity index (χ2v) is 6.67. The molecule has 0 saturated heterocycles. The second-order valence-electron chi connectivity index (χ2n) is 6.67. The van der Waals surface area contributed by atoms with Gasteiger partial charge in [0.25, 0.3) is 0 Å². The number of hydrogen-bond donors (Lipinski definition) is 2. The molecular formula is C24H22N2O3. The van der Waals surface area contributed by atoms with Crippen molar-refractivity contribution < 1.29 is 14.3 Å². The van der Waals surface area contributed by atoms with Crippen molar-refractivity contribution in [2.45, 2.75) is 6.04 Å². The van der Waals surface area contributed by atoms with Crippen LogP contribution < -0.4 is 14.8 Å². The standard InChI is InChI=1S/C24H22N2O3/c1-28-21-13-12-17(14-22(21)29-2)26-23(16-8-4-3-5-9-16)24(27)19-15-25-20-11-7-6-10-18(19)20/h3-15,23,25-26H,1-2H3/t23-/m1/s1. The monoisotopic (exact) mass is 386 g/mol. The van der Waals surface area contributed by atoms with E-state index in [-0.39, 0.29) is 5.78 Å². The average molecular weight is 386 g/mol. The highest BCUT2D eigenvalue weighted by atomic mass is 16.5. The van der Waals surface area contributed by atoms with E-state index in [1.165, 1.54) is 0 Å². The van der Waals surface area contributed by atoms with Gasteiger partial charge >= 0.3 is 0 Å². The molecule has 0 spiro atoms. The molecule has 4 rings (SSSR count). The van der Waals surface area contributed by atoms with Crippen molar-refractivity contribution in [3.05, 3.63) is 90.1 Å². The zero-order valence-corrected chi connectivity index (χ0v) is 16.3. The molecule has 29 heavy (non-hydrogen) atoms. The molecule has 4 aromatic rings. The van der Waals surface area contributed by atoms with E-state index in [0.717, 1.165) is 22.2 Å². The third kappa shape index (κ3) is 3.67. The smallest absolute Gasteiger partial charge is 0.191 e. The number of ether oxygens (including phenoxy) is 2. The number of rotatable bonds is 7. The summed E-state index contributed by atoms with van der Waals surface area (Å²) in [5, 5.41) is 4.28. The zero-order chi connectivity index (χ0) is 20.2. The molecule has 146 valence electrons. The van der Waals surface area contributed by atoms with E-state index in [1.807, 2.05) is 72.8 Å². The molecule has 0 bridgehead atoms. The Morgan fingerprint density at radius 2 is 1.62 bits per heavy atom. The first-order valence-electron chi connectivity index (χ1n) is 9.35. The number of fused-ring (bicyclic) bond motifs is 1. The number of H-pyrrole nitrogens is 1. The van der Waals surface area contributed by atoms with Gasteiger partial charge in [-0.1, -0.05) is 48.5 Å². The van der Waals surface area contributed by atoms with Gasteiger partial charge in [-0.25, -0.2) is 0 Å². The van der Waals surface area contributed by atoms with Gasteiger partial charge in [0.1, 0.15) is 6.04 Å². The first kappa shape index (κ1) is 18.6. The molecule has 0 radical (unpaired) electrons. The summed E-state index contributed by atoms with van der Waals surface area (Å²) in [7, 11) is 3.19. The van der Waals surface area contributed by atoms with Crippen LogP contribution in [0.15, 0.2) is 79.0 Å². The predicted molar refractivity (Wildman–Crippen MR) is 115 cm³/mol. The third-order valence-electron chi connectivity index (χ3n) is 4.94. The Morgan fingerprint density at radius 3 is 2.38 bits per heavy atom. The SMILES string of the molecule is COc1ccc(N[C@@H](C(=O)c2c[nH]c3ccccc23)c2ccccc2)cc1OC. The Hall–Kier alpha value is -3.73. The van der Waals surface area contributed by atoms with Crippen molar-refractivity contribution in [1.29, 1.82) is 0 Å². The molecule has 1 aromatic heterocycles. The fourth-order valence-corrected chi connectivity index (χ4v) is 3.47. The van der Waals surface area contributed by atoms with Crippen LogP contribution in [-0.4, -0.2) is 25.0 Å². The van der Waals surface area contributed by atoms with Gasteiger partial charge in [-0.3, -0.25) is 4.79 Å². The van der Waals surface area contributed by atoms with Gasteiger partial charge in [0.2, 0.25) is 0 Å². The highest BCUT2D eigenvalue weighted by Gasteiger charge is 2.24. The quantitative estimate of drug-likeness (QED) is 0.427. The summed E-state index contributed by atoms with van der Waals surface area (Å²) >= 11 is 0. The van der Waals surface area contributed by atoms with Crippen LogP contribution in [-0.2, 0) is 0 Å². The number of para-hydroxylation sites is 1. The van der Waals surface area contributed by atoms with Crippen LogP contribution in [0.3, 0.4) is 0 Å². The molecule has 0 aliphatic carbocycles. The van der Waals surface area contributed by atoms with Gasteiger partial charge in [-0.2, -0.15) is 0 Å². The maximum absolute atomic E-state index is 13.6. The van der Waals surface area contributed by atoms with Crippen molar-refractivity contribution in [3.8, 4) is 11.5 Å². The molecular weight excluding hydrogens is 364 g/mol. The maximum atomic E-state index is 13.6. The minimum Gasteiger partial charge on any atom is -0.493 e. The fraction of sp³-hybridized carbons (Fsp3) is 0.125. The largest absolute Gasteiger partial charge is 0.493 e. The number of aromatic amines is 1. The molecule has 5 nitrogen and oxygen atoms in total. The number of anilines is 1. The summed E-state index contributed by atoms with van der Waals surface area (Å²) in [6, 6.07) is 22.5. The van der Waals surface area contributed by atoms with Crippen molar-refractivity contribution in [1.82, 2.24) is 4.98 Å². The van der Waals surface area contributed by atoms with E-state index >= 15 is 0 Å². The Kier molecular flexibility index (Phi) is 5.20. The van der Waals surface area contributed by atoms with Crippen molar-refractivity contribution >= 4 is 22.4 Å². The predicted octanol–water partition coefficient (Wildman–Crippen LogP) is 5.22. The number of Topliss-reactive ketones (excluding diaryl/α,β-unsaturated/α-hetero) is 1. The molecule has 0 saturated carbocycles. The summed E-state index contributed by atoms with van der Waals surface area (Å²) in [5.74, 6) is 1.23. The Bertz CT molecular complexity index is 1140. The lowest BCUT2D eigenvalue weighted by Gasteiger charge is -2.20. The highest BCUT2D eigenvalue weighted by molar-refractivity contribution is 6.11. The molecule has 0 aliphatic heterocycles. The minimum atomic E-state index is -0.548. The van der Waals surface area contributed by atoms with Crippen molar-refractivity contribution in [2.75, 3.05) is 19.5 Å². The minimum absolute atomic E-state index is 0.0107. The van der Waals surface area contributed by atoms with E-state index in [1.54, 1.807) is 20.4 Å². The summed E-state index contributed by atoms with van der Waals surface area (Å²) < 4.78 is 10.7. The van der Waals surface area contributed by atoms with Gasteiger partial charge in [0.15, 0.2) is 17.3 Å². The van der Waals surface area contributed by atoms with Crippen molar-refractivity contribution in [2.24, 2.45) is 0 Å². The first-order valence-corrected chi connectivity index (χ1v) is 9.35. The van der Waals surface area contributed by atoms with Crippen molar-refractivity contribution in [3.63, 3.8) is 0 Å². The summed E-state index contributed by atoms with van der Waals surface area (Å²) in [4.78, 5) is 16.8. The normalized spacial score (nSPS) is 11.8. The number of ketones is 1. The zero-order valence-electron chi connectivity index (χ0n) is 16.3. The molecule has 0 aliphatic rings. The molecule has 3 aromatic carbocycles. The van der Waals surface area contributed by atoms with Gasteiger partial charge < -0.3 is 19.8 Å². The van der Waals surface area contributed by atoms with Crippen LogP contribution in [0.5, 0.6) is 11.5 Å². The number of benzene rings is 3. The Balaban J connectivity index is 1.74. The number of methoxy groups -OCH3 is 2. The molecule has 0 unspecified atom stereocenters. The number of carbonyl (C=O) groups is 1. The van der Waals surface area contributed by atoms with E-state index in [4.69, 9.17) is 9.47 Å². The van der Waals surface area contributed by atoms with Gasteiger partial charge in [-0.05, 0) is 23.8 Å². The molecule has 1 heterocycles. The van der Waals surface area contributed by atoms with Crippen LogP contribution in [0.1, 0.15) is 22.0 Å². The first-order chi connectivity index (χ1) is 14.2. The van der Waals surface area contributed by atoms with Gasteiger partial charge in [0, 0.05) is 34.4 Å². The topological polar surface area (TPSA) is 63.3 Å². The van der Waals surface area contributed by atoms with Gasteiger partial charge in [-0.15, -0.1) is 0 Å². The number of aromatic nitrogens is 1. The Morgan fingerprint density at radius 1 is 0.897 bits per heavy atom. The number of nitrogens with one attached hydrogen (secondary N) is 2. The van der Waals surface area contributed by atoms with E-state index in [2.05, 4.69) is 10.3 Å². The summed E-state index contributed by atoms with van der Waals surface area (Å²) in [6.45, 7) is 0. The second kappa shape index (κ2) is 8.10. The Labute approximate surface area is 169 Å². The van der Waals surface area contributed by atoms with E-state index in [9.17, 15) is 4.79 Å². The van der Waals surface area contributed by atoms with Crippen LogP contribution >= 0.6 is 0 Å². The lowest BCUT2D eigenvalue weighted by atomic mass is 9.96. The van der Waals surface area contributed by atoms with Crippen LogP contribution in [0.2, 0.25) is 0 Å². The summed E-state index contributed by atoms with van der Waals surface area (Å²) in [5.41, 5.74) is 3.25. The lowest BCUT2D eigenvalue weighted by Crippen LogP contribution is -2.21. The van der Waals surface area contributed by atoms with E-state index < -0.39 is 6.04 Å². The molecule has 1 atom stereocenters. The molecule has 2 N–H and O–H groups in total. The average Bonchev–Trinajstić information content (AvgIpc) is 3.21. The fourth-order valence-electron chi connectivity index (χ4n) is 3.47. The van der Waals surface area contributed by atoms with Gasteiger partial charge in [0.05, 0.1) is 14.2 Å².